The number of benzene rings is 1. The molecule has 0 unspecified atom stereocenters. The molecule has 2 aromatic rings. The van der Waals surface area contributed by atoms with E-state index >= 15 is 0 Å². The third-order valence-electron chi connectivity index (χ3n) is 2.47. The van der Waals surface area contributed by atoms with Crippen LogP contribution < -0.4 is 0 Å². The predicted octanol–water partition coefficient (Wildman–Crippen LogP) is 2.56. The van der Waals surface area contributed by atoms with Crippen LogP contribution in [0.25, 0.3) is 11.4 Å². The fourth-order valence-electron chi connectivity index (χ4n) is 1.67. The van der Waals surface area contributed by atoms with Gasteiger partial charge in [-0.25, -0.2) is 4.68 Å². The van der Waals surface area contributed by atoms with Gasteiger partial charge in [-0.2, -0.15) is 0 Å². The number of nitro groups is 1. The number of rotatable bonds is 4. The molecule has 0 spiro atoms. The average molecular weight is 282 g/mol. The molecule has 0 atom stereocenters. The summed E-state index contributed by atoms with van der Waals surface area (Å²) in [6, 6.07) is 4.45. The normalized spacial score (nSPS) is 10.9. The van der Waals surface area contributed by atoms with Crippen LogP contribution in [0.2, 0.25) is 5.02 Å². The summed E-state index contributed by atoms with van der Waals surface area (Å²) in [5, 5.41) is 22.2. The van der Waals surface area contributed by atoms with Crippen molar-refractivity contribution in [2.24, 2.45) is 5.92 Å². The second-order valence-electron chi connectivity index (χ2n) is 4.50. The van der Waals surface area contributed by atoms with Crippen LogP contribution in [-0.4, -0.2) is 25.1 Å². The monoisotopic (exact) mass is 281 g/mol. The van der Waals surface area contributed by atoms with Crippen LogP contribution in [0.4, 0.5) is 5.69 Å². The van der Waals surface area contributed by atoms with Gasteiger partial charge in [0.1, 0.15) is 5.02 Å². The van der Waals surface area contributed by atoms with Crippen LogP contribution in [-0.2, 0) is 6.54 Å². The minimum atomic E-state index is -0.525. The van der Waals surface area contributed by atoms with E-state index in [1.807, 2.05) is 13.8 Å². The Balaban J connectivity index is 2.40. The van der Waals surface area contributed by atoms with E-state index in [0.717, 1.165) is 0 Å². The topological polar surface area (TPSA) is 86.7 Å². The predicted molar refractivity (Wildman–Crippen MR) is 69.8 cm³/mol. The van der Waals surface area contributed by atoms with E-state index in [2.05, 4.69) is 15.5 Å². The fraction of sp³-hybridized carbons (Fsp3) is 0.364. The number of hydrogen-bond donors (Lipinski definition) is 0. The lowest BCUT2D eigenvalue weighted by atomic mass is 10.2. The molecule has 0 fully saturated rings. The molecule has 0 N–H and O–H groups in total. The molecule has 0 saturated heterocycles. The first-order chi connectivity index (χ1) is 8.99. The highest BCUT2D eigenvalue weighted by Crippen LogP contribution is 2.29. The van der Waals surface area contributed by atoms with Crippen LogP contribution in [0, 0.1) is 16.0 Å². The smallest absolute Gasteiger partial charge is 0.258 e. The maximum absolute atomic E-state index is 10.7. The van der Waals surface area contributed by atoms with E-state index in [1.165, 1.54) is 12.1 Å². The minimum Gasteiger partial charge on any atom is -0.258 e. The van der Waals surface area contributed by atoms with Gasteiger partial charge in [-0.3, -0.25) is 10.1 Å². The van der Waals surface area contributed by atoms with Gasteiger partial charge >= 0.3 is 0 Å². The summed E-state index contributed by atoms with van der Waals surface area (Å²) in [5.74, 6) is 0.932. The second-order valence-corrected chi connectivity index (χ2v) is 4.91. The van der Waals surface area contributed by atoms with Crippen molar-refractivity contribution in [3.05, 3.63) is 33.3 Å². The summed E-state index contributed by atoms with van der Waals surface area (Å²) < 4.78 is 1.65. The van der Waals surface area contributed by atoms with Gasteiger partial charge in [0.15, 0.2) is 5.82 Å². The summed E-state index contributed by atoms with van der Waals surface area (Å²) in [4.78, 5) is 10.2. The highest BCUT2D eigenvalue weighted by molar-refractivity contribution is 6.32. The van der Waals surface area contributed by atoms with Crippen molar-refractivity contribution in [1.82, 2.24) is 20.2 Å². The molecule has 0 saturated carbocycles. The zero-order chi connectivity index (χ0) is 14.0. The number of nitro benzene ring substituents is 1. The average Bonchev–Trinajstić information content (AvgIpc) is 2.75. The Morgan fingerprint density at radius 1 is 1.47 bits per heavy atom. The highest BCUT2D eigenvalue weighted by atomic mass is 35.5. The van der Waals surface area contributed by atoms with Crippen molar-refractivity contribution in [2.75, 3.05) is 0 Å². The first kappa shape index (κ1) is 13.4. The zero-order valence-corrected chi connectivity index (χ0v) is 11.2. The highest BCUT2D eigenvalue weighted by Gasteiger charge is 2.16. The summed E-state index contributed by atoms with van der Waals surface area (Å²) in [6.07, 6.45) is 0. The zero-order valence-electron chi connectivity index (χ0n) is 10.4. The molecule has 19 heavy (non-hydrogen) atoms. The summed E-state index contributed by atoms with van der Waals surface area (Å²) in [7, 11) is 0. The van der Waals surface area contributed by atoms with Crippen molar-refractivity contribution >= 4 is 17.3 Å². The van der Waals surface area contributed by atoms with E-state index in [0.29, 0.717) is 23.9 Å². The van der Waals surface area contributed by atoms with Crippen molar-refractivity contribution in [2.45, 2.75) is 20.4 Å². The number of nitrogens with zero attached hydrogens (tertiary/aromatic N) is 5. The number of halogens is 1. The van der Waals surface area contributed by atoms with Gasteiger partial charge in [0.05, 0.1) is 4.92 Å². The Morgan fingerprint density at radius 2 is 2.21 bits per heavy atom. The standard InChI is InChI=1S/C11H12ClN5O2/c1-7(2)6-16-11(13-14-15-16)8-3-4-10(17(18)19)9(12)5-8/h3-5,7H,6H2,1-2H3. The van der Waals surface area contributed by atoms with Gasteiger partial charge in [-0.05, 0) is 28.5 Å². The third-order valence-corrected chi connectivity index (χ3v) is 2.78. The van der Waals surface area contributed by atoms with Crippen molar-refractivity contribution in [3.8, 4) is 11.4 Å². The Hall–Kier alpha value is -2.02. The molecule has 0 aliphatic heterocycles. The second kappa shape index (κ2) is 5.31. The Kier molecular flexibility index (Phi) is 3.75. The molecular weight excluding hydrogens is 270 g/mol. The molecule has 0 aliphatic carbocycles. The molecule has 7 nitrogen and oxygen atoms in total. The third kappa shape index (κ3) is 2.87. The molecular formula is C11H12ClN5O2. The van der Waals surface area contributed by atoms with Crippen LogP contribution in [0.5, 0.6) is 0 Å². The molecule has 0 bridgehead atoms. The van der Waals surface area contributed by atoms with Crippen molar-refractivity contribution in [3.63, 3.8) is 0 Å². The number of tetrazole rings is 1. The Bertz CT molecular complexity index is 611. The maximum atomic E-state index is 10.7. The number of aromatic nitrogens is 4. The lowest BCUT2D eigenvalue weighted by molar-refractivity contribution is -0.384. The summed E-state index contributed by atoms with van der Waals surface area (Å²) >= 11 is 5.88. The first-order valence-corrected chi connectivity index (χ1v) is 6.07. The van der Waals surface area contributed by atoms with Gasteiger partial charge in [0.25, 0.3) is 5.69 Å². The van der Waals surface area contributed by atoms with Crippen molar-refractivity contribution < 1.29 is 4.92 Å². The van der Waals surface area contributed by atoms with Crippen LogP contribution >= 0.6 is 11.6 Å². The molecule has 0 aliphatic rings. The quantitative estimate of drug-likeness (QED) is 0.635. The first-order valence-electron chi connectivity index (χ1n) is 5.69. The molecule has 0 amide bonds. The van der Waals surface area contributed by atoms with Crippen LogP contribution in [0.15, 0.2) is 18.2 Å². The lowest BCUT2D eigenvalue weighted by Gasteiger charge is -2.07. The molecule has 100 valence electrons. The maximum Gasteiger partial charge on any atom is 0.287 e. The van der Waals surface area contributed by atoms with E-state index in [-0.39, 0.29) is 10.7 Å². The lowest BCUT2D eigenvalue weighted by Crippen LogP contribution is -2.08. The minimum absolute atomic E-state index is 0.0709. The molecule has 2 rings (SSSR count). The Morgan fingerprint density at radius 3 is 2.79 bits per heavy atom. The summed E-state index contributed by atoms with van der Waals surface area (Å²) in [5.41, 5.74) is 0.523. The molecule has 0 radical (unpaired) electrons. The fourth-order valence-corrected chi connectivity index (χ4v) is 1.92. The van der Waals surface area contributed by atoms with Gasteiger partial charge < -0.3 is 0 Å². The van der Waals surface area contributed by atoms with Gasteiger partial charge in [-0.15, -0.1) is 5.10 Å². The van der Waals surface area contributed by atoms with E-state index in [9.17, 15) is 10.1 Å². The van der Waals surface area contributed by atoms with Gasteiger partial charge in [0, 0.05) is 18.2 Å². The van der Waals surface area contributed by atoms with E-state index in [1.54, 1.807) is 10.7 Å². The molecule has 1 aromatic heterocycles. The number of hydrogen-bond acceptors (Lipinski definition) is 5. The van der Waals surface area contributed by atoms with Gasteiger partial charge in [0.2, 0.25) is 0 Å². The van der Waals surface area contributed by atoms with Crippen molar-refractivity contribution in [1.29, 1.82) is 0 Å². The SMILES string of the molecule is CC(C)Cn1nnnc1-c1ccc([N+](=O)[O-])c(Cl)c1. The Labute approximate surface area is 114 Å². The molecule has 1 aromatic carbocycles. The van der Waals surface area contributed by atoms with Crippen LogP contribution in [0.3, 0.4) is 0 Å². The largest absolute Gasteiger partial charge is 0.287 e. The summed E-state index contributed by atoms with van der Waals surface area (Å²) in [6.45, 7) is 4.76. The van der Waals surface area contributed by atoms with E-state index < -0.39 is 4.92 Å². The van der Waals surface area contributed by atoms with E-state index in [4.69, 9.17) is 11.6 Å². The molecule has 8 heteroatoms. The van der Waals surface area contributed by atoms with Crippen LogP contribution in [0.1, 0.15) is 13.8 Å². The van der Waals surface area contributed by atoms with Gasteiger partial charge in [-0.1, -0.05) is 25.4 Å². The molecule has 1 heterocycles.